The van der Waals surface area contributed by atoms with Gasteiger partial charge in [0.05, 0.1) is 31.8 Å². The molecule has 0 amide bonds. The van der Waals surface area contributed by atoms with Crippen molar-refractivity contribution >= 4 is 12.0 Å². The van der Waals surface area contributed by atoms with E-state index in [4.69, 9.17) is 14.6 Å². The fourth-order valence-electron chi connectivity index (χ4n) is 3.49. The van der Waals surface area contributed by atoms with Crippen LogP contribution in [0.4, 0.5) is 4.39 Å². The Morgan fingerprint density at radius 2 is 1.85 bits per heavy atom. The molecule has 2 aromatic carbocycles. The highest BCUT2D eigenvalue weighted by Crippen LogP contribution is 2.36. The number of benzene rings is 2. The summed E-state index contributed by atoms with van der Waals surface area (Å²) in [7, 11) is 0. The second kappa shape index (κ2) is 13.1. The number of halogens is 1. The van der Waals surface area contributed by atoms with Gasteiger partial charge in [0.15, 0.2) is 0 Å². The highest BCUT2D eigenvalue weighted by molar-refractivity contribution is 5.79. The van der Waals surface area contributed by atoms with Gasteiger partial charge < -0.3 is 24.8 Å². The van der Waals surface area contributed by atoms with Crippen LogP contribution in [-0.4, -0.2) is 53.3 Å². The van der Waals surface area contributed by atoms with Gasteiger partial charge in [-0.1, -0.05) is 38.1 Å². The zero-order valence-corrected chi connectivity index (χ0v) is 19.3. The van der Waals surface area contributed by atoms with E-state index in [-0.39, 0.29) is 44.4 Å². The van der Waals surface area contributed by atoms with Crippen molar-refractivity contribution in [2.45, 2.75) is 51.7 Å². The Kier molecular flexibility index (Phi) is 10.5. The van der Waals surface area contributed by atoms with Gasteiger partial charge in [-0.2, -0.15) is 0 Å². The lowest BCUT2D eigenvalue weighted by Crippen LogP contribution is -2.20. The van der Waals surface area contributed by atoms with Crippen LogP contribution in [0.25, 0.3) is 17.2 Å². The predicted octanol–water partition coefficient (Wildman–Crippen LogP) is 4.07. The van der Waals surface area contributed by atoms with Crippen LogP contribution in [0.2, 0.25) is 0 Å². The first-order chi connectivity index (χ1) is 15.7. The molecule has 0 heterocycles. The van der Waals surface area contributed by atoms with E-state index < -0.39 is 18.2 Å². The molecule has 2 unspecified atom stereocenters. The zero-order valence-electron chi connectivity index (χ0n) is 19.3. The van der Waals surface area contributed by atoms with Crippen molar-refractivity contribution < 1.29 is 34.0 Å². The van der Waals surface area contributed by atoms with E-state index in [1.807, 2.05) is 26.0 Å². The summed E-state index contributed by atoms with van der Waals surface area (Å²) in [4.78, 5) is 11.5. The van der Waals surface area contributed by atoms with Crippen molar-refractivity contribution in [1.29, 1.82) is 0 Å². The van der Waals surface area contributed by atoms with E-state index in [0.29, 0.717) is 5.75 Å². The molecule has 0 aliphatic rings. The van der Waals surface area contributed by atoms with Crippen molar-refractivity contribution in [2.75, 3.05) is 19.8 Å². The first kappa shape index (κ1) is 26.5. The van der Waals surface area contributed by atoms with Gasteiger partial charge in [0.1, 0.15) is 18.2 Å². The molecule has 2 rings (SSSR count). The SMILES string of the molecule is CCOC(=O)CC(O)CC(O)/C=C/c1c(-c2ccc(F)cc2)cc(OCCO)cc1C(C)C. The summed E-state index contributed by atoms with van der Waals surface area (Å²) in [5, 5.41) is 29.6. The standard InChI is InChI=1S/C26H33FO6/c1-4-32-26(31)14-21(30)13-20(29)9-10-23-24(17(2)3)15-22(33-12-11-28)16-25(23)18-5-7-19(27)8-6-18/h5-10,15-17,20-21,28-30H,4,11-14H2,1-3H3/b10-9+. The Bertz CT molecular complexity index is 923. The molecule has 6 nitrogen and oxygen atoms in total. The molecule has 0 radical (unpaired) electrons. The van der Waals surface area contributed by atoms with E-state index in [9.17, 15) is 19.4 Å². The summed E-state index contributed by atoms with van der Waals surface area (Å²) < 4.78 is 24.0. The average Bonchev–Trinajstić information content (AvgIpc) is 2.76. The number of ether oxygens (including phenoxy) is 2. The zero-order chi connectivity index (χ0) is 24.4. The topological polar surface area (TPSA) is 96.2 Å². The summed E-state index contributed by atoms with van der Waals surface area (Å²) in [5.41, 5.74) is 3.32. The summed E-state index contributed by atoms with van der Waals surface area (Å²) in [6, 6.07) is 9.79. The molecule has 0 saturated heterocycles. The Morgan fingerprint density at radius 1 is 1.15 bits per heavy atom. The molecule has 2 atom stereocenters. The molecule has 0 saturated carbocycles. The smallest absolute Gasteiger partial charge is 0.308 e. The highest BCUT2D eigenvalue weighted by Gasteiger charge is 2.17. The van der Waals surface area contributed by atoms with Crippen LogP contribution in [0, 0.1) is 5.82 Å². The van der Waals surface area contributed by atoms with Gasteiger partial charge in [-0.15, -0.1) is 0 Å². The van der Waals surface area contributed by atoms with Crippen LogP contribution >= 0.6 is 0 Å². The molecule has 0 spiro atoms. The first-order valence-electron chi connectivity index (χ1n) is 11.1. The monoisotopic (exact) mass is 460 g/mol. The van der Waals surface area contributed by atoms with Crippen molar-refractivity contribution in [2.24, 2.45) is 0 Å². The minimum atomic E-state index is -1.03. The molecule has 0 aliphatic carbocycles. The molecule has 180 valence electrons. The number of aliphatic hydroxyl groups is 3. The Morgan fingerprint density at radius 3 is 2.45 bits per heavy atom. The molecule has 0 fully saturated rings. The van der Waals surface area contributed by atoms with Crippen LogP contribution < -0.4 is 4.74 Å². The van der Waals surface area contributed by atoms with Gasteiger partial charge in [-0.05, 0) is 59.4 Å². The number of hydrogen-bond donors (Lipinski definition) is 3. The lowest BCUT2D eigenvalue weighted by molar-refractivity contribution is -0.145. The molecule has 2 aromatic rings. The summed E-state index contributed by atoms with van der Waals surface area (Å²) >= 11 is 0. The maximum Gasteiger partial charge on any atom is 0.308 e. The number of rotatable bonds is 12. The third-order valence-corrected chi connectivity index (χ3v) is 5.03. The van der Waals surface area contributed by atoms with E-state index in [2.05, 4.69) is 0 Å². The third-order valence-electron chi connectivity index (χ3n) is 5.03. The van der Waals surface area contributed by atoms with Crippen LogP contribution in [0.1, 0.15) is 50.7 Å². The molecule has 7 heteroatoms. The molecular formula is C26H33FO6. The largest absolute Gasteiger partial charge is 0.491 e. The van der Waals surface area contributed by atoms with E-state index in [1.54, 1.807) is 31.2 Å². The number of hydrogen-bond acceptors (Lipinski definition) is 6. The molecule has 3 N–H and O–H groups in total. The Balaban J connectivity index is 2.38. The van der Waals surface area contributed by atoms with E-state index in [1.165, 1.54) is 12.1 Å². The summed E-state index contributed by atoms with van der Waals surface area (Å²) in [6.07, 6.45) is 1.12. The van der Waals surface area contributed by atoms with Crippen molar-refractivity contribution in [3.05, 3.63) is 59.4 Å². The lowest BCUT2D eigenvalue weighted by atomic mass is 9.89. The second-order valence-electron chi connectivity index (χ2n) is 8.03. The molecule has 0 aromatic heterocycles. The van der Waals surface area contributed by atoms with Gasteiger partial charge in [0, 0.05) is 6.42 Å². The highest BCUT2D eigenvalue weighted by atomic mass is 19.1. The van der Waals surface area contributed by atoms with Gasteiger partial charge >= 0.3 is 5.97 Å². The number of carbonyl (C=O) groups is 1. The number of carbonyl (C=O) groups excluding carboxylic acids is 1. The predicted molar refractivity (Wildman–Crippen MR) is 125 cm³/mol. The van der Waals surface area contributed by atoms with Gasteiger partial charge in [-0.3, -0.25) is 4.79 Å². The summed E-state index contributed by atoms with van der Waals surface area (Å²) in [5.74, 6) is -0.179. The minimum absolute atomic E-state index is 0.0180. The van der Waals surface area contributed by atoms with Gasteiger partial charge in [0.2, 0.25) is 0 Å². The van der Waals surface area contributed by atoms with Gasteiger partial charge in [0.25, 0.3) is 0 Å². The third kappa shape index (κ3) is 8.28. The molecular weight excluding hydrogens is 427 g/mol. The van der Waals surface area contributed by atoms with Crippen LogP contribution in [-0.2, 0) is 9.53 Å². The minimum Gasteiger partial charge on any atom is -0.491 e. The van der Waals surface area contributed by atoms with Crippen molar-refractivity contribution in [1.82, 2.24) is 0 Å². The quantitative estimate of drug-likeness (QED) is 0.413. The number of esters is 1. The molecule has 0 aliphatic heterocycles. The van der Waals surface area contributed by atoms with Crippen LogP contribution in [0.3, 0.4) is 0 Å². The fourth-order valence-corrected chi connectivity index (χ4v) is 3.49. The van der Waals surface area contributed by atoms with E-state index >= 15 is 0 Å². The van der Waals surface area contributed by atoms with Gasteiger partial charge in [-0.25, -0.2) is 4.39 Å². The maximum absolute atomic E-state index is 13.5. The Labute approximate surface area is 194 Å². The van der Waals surface area contributed by atoms with Crippen molar-refractivity contribution in [3.8, 4) is 16.9 Å². The normalized spacial score (nSPS) is 13.3. The fraction of sp³-hybridized carbons (Fsp3) is 0.423. The first-order valence-corrected chi connectivity index (χ1v) is 11.1. The summed E-state index contributed by atoms with van der Waals surface area (Å²) in [6.45, 7) is 5.99. The van der Waals surface area contributed by atoms with Crippen LogP contribution in [0.5, 0.6) is 5.75 Å². The molecule has 0 bridgehead atoms. The lowest BCUT2D eigenvalue weighted by Gasteiger charge is -2.19. The van der Waals surface area contributed by atoms with Crippen molar-refractivity contribution in [3.63, 3.8) is 0 Å². The average molecular weight is 461 g/mol. The molecule has 33 heavy (non-hydrogen) atoms. The number of aliphatic hydroxyl groups excluding tert-OH is 3. The van der Waals surface area contributed by atoms with Crippen LogP contribution in [0.15, 0.2) is 42.5 Å². The maximum atomic E-state index is 13.5. The second-order valence-corrected chi connectivity index (χ2v) is 8.03. The van der Waals surface area contributed by atoms with E-state index in [0.717, 1.165) is 22.3 Å². The Hall–Kier alpha value is -2.74.